The van der Waals surface area contributed by atoms with Gasteiger partial charge in [-0.05, 0) is 36.6 Å². The van der Waals surface area contributed by atoms with Crippen molar-refractivity contribution in [2.24, 2.45) is 5.73 Å². The van der Waals surface area contributed by atoms with E-state index in [0.29, 0.717) is 25.4 Å². The first kappa shape index (κ1) is 16.0. The lowest BCUT2D eigenvalue weighted by Gasteiger charge is -2.06. The van der Waals surface area contributed by atoms with Gasteiger partial charge in [-0.25, -0.2) is 4.68 Å². The monoisotopic (exact) mass is 302 g/mol. The molecule has 0 unspecified atom stereocenters. The predicted octanol–water partition coefficient (Wildman–Crippen LogP) is 1.78. The summed E-state index contributed by atoms with van der Waals surface area (Å²) in [4.78, 5) is 11.9. The van der Waals surface area contributed by atoms with Crippen LogP contribution in [0.1, 0.15) is 42.2 Å². The molecule has 2 aromatic rings. The molecule has 1 heterocycles. The quantitative estimate of drug-likeness (QED) is 0.709. The average Bonchev–Trinajstić information content (AvgIpc) is 2.89. The Kier molecular flexibility index (Phi) is 5.16. The van der Waals surface area contributed by atoms with Crippen LogP contribution < -0.4 is 11.1 Å². The van der Waals surface area contributed by atoms with Crippen molar-refractivity contribution < 1.29 is 9.90 Å². The summed E-state index contributed by atoms with van der Waals surface area (Å²) >= 11 is 0. The Morgan fingerprint density at radius 1 is 1.36 bits per heavy atom. The van der Waals surface area contributed by atoms with Gasteiger partial charge in [-0.1, -0.05) is 26.0 Å². The minimum Gasteiger partial charge on any atom is -0.504 e. The summed E-state index contributed by atoms with van der Waals surface area (Å²) in [5.41, 5.74) is 7.41. The molecule has 0 spiro atoms. The fourth-order valence-corrected chi connectivity index (χ4v) is 2.06. The summed E-state index contributed by atoms with van der Waals surface area (Å²) in [5.74, 6) is -0.0920. The molecule has 0 aliphatic rings. The molecule has 6 nitrogen and oxygen atoms in total. The van der Waals surface area contributed by atoms with Crippen LogP contribution in [0.25, 0.3) is 5.69 Å². The number of aromatic hydroxyl groups is 1. The van der Waals surface area contributed by atoms with E-state index >= 15 is 0 Å². The maximum Gasteiger partial charge on any atom is 0.275 e. The SMILES string of the molecule is CC(C)c1ccc(-n2cc(O)c(C(=O)NCCCN)n2)cc1. The van der Waals surface area contributed by atoms with Crippen molar-refractivity contribution in [3.63, 3.8) is 0 Å². The van der Waals surface area contributed by atoms with E-state index in [1.165, 1.54) is 16.4 Å². The molecule has 4 N–H and O–H groups in total. The van der Waals surface area contributed by atoms with Crippen LogP contribution in [0, 0.1) is 0 Å². The summed E-state index contributed by atoms with van der Waals surface area (Å²) in [5, 5.41) is 16.7. The van der Waals surface area contributed by atoms with Crippen LogP contribution in [0.5, 0.6) is 5.75 Å². The number of carbonyl (C=O) groups excluding carboxylic acids is 1. The van der Waals surface area contributed by atoms with Crippen molar-refractivity contribution in [2.75, 3.05) is 13.1 Å². The lowest BCUT2D eigenvalue weighted by Crippen LogP contribution is -2.26. The van der Waals surface area contributed by atoms with Crippen molar-refractivity contribution in [3.05, 3.63) is 41.7 Å². The van der Waals surface area contributed by atoms with Gasteiger partial charge in [0.2, 0.25) is 0 Å². The first-order valence-electron chi connectivity index (χ1n) is 7.40. The number of rotatable bonds is 6. The second kappa shape index (κ2) is 7.09. The molecular weight excluding hydrogens is 280 g/mol. The van der Waals surface area contributed by atoms with Crippen molar-refractivity contribution in [1.82, 2.24) is 15.1 Å². The van der Waals surface area contributed by atoms with Gasteiger partial charge in [0.05, 0.1) is 11.9 Å². The van der Waals surface area contributed by atoms with Crippen LogP contribution in [0.4, 0.5) is 0 Å². The highest BCUT2D eigenvalue weighted by atomic mass is 16.3. The number of benzene rings is 1. The first-order valence-corrected chi connectivity index (χ1v) is 7.40. The average molecular weight is 302 g/mol. The number of nitrogens with two attached hydrogens (primary N) is 1. The molecule has 0 saturated heterocycles. The van der Waals surface area contributed by atoms with E-state index < -0.39 is 5.91 Å². The number of amides is 1. The molecule has 0 bridgehead atoms. The maximum absolute atomic E-state index is 11.9. The largest absolute Gasteiger partial charge is 0.504 e. The Morgan fingerprint density at radius 3 is 2.64 bits per heavy atom. The number of nitrogens with zero attached hydrogens (tertiary/aromatic N) is 2. The van der Waals surface area contributed by atoms with E-state index in [2.05, 4.69) is 24.3 Å². The van der Waals surface area contributed by atoms with Crippen molar-refractivity contribution >= 4 is 5.91 Å². The van der Waals surface area contributed by atoms with Gasteiger partial charge in [-0.2, -0.15) is 5.10 Å². The van der Waals surface area contributed by atoms with Crippen molar-refractivity contribution in [3.8, 4) is 11.4 Å². The highest BCUT2D eigenvalue weighted by molar-refractivity contribution is 5.94. The molecule has 1 amide bonds. The van der Waals surface area contributed by atoms with Crippen LogP contribution >= 0.6 is 0 Å². The van der Waals surface area contributed by atoms with Gasteiger partial charge in [-0.3, -0.25) is 4.79 Å². The first-order chi connectivity index (χ1) is 10.5. The molecule has 0 aliphatic carbocycles. The fraction of sp³-hybridized carbons (Fsp3) is 0.375. The molecule has 118 valence electrons. The molecule has 0 fully saturated rings. The number of hydrogen-bond acceptors (Lipinski definition) is 4. The highest BCUT2D eigenvalue weighted by Gasteiger charge is 2.16. The van der Waals surface area contributed by atoms with Gasteiger partial charge >= 0.3 is 0 Å². The standard InChI is InChI=1S/C16H22N4O2/c1-11(2)12-4-6-13(7-5-12)20-10-14(21)15(19-20)16(22)18-9-3-8-17/h4-7,10-11,21H,3,8-9,17H2,1-2H3,(H,18,22). The van der Waals surface area contributed by atoms with E-state index in [1.54, 1.807) is 0 Å². The van der Waals surface area contributed by atoms with E-state index in [9.17, 15) is 9.90 Å². The maximum atomic E-state index is 11.9. The third-order valence-corrected chi connectivity index (χ3v) is 3.40. The number of carbonyl (C=O) groups is 1. The molecule has 6 heteroatoms. The second-order valence-corrected chi connectivity index (χ2v) is 5.45. The Morgan fingerprint density at radius 2 is 2.05 bits per heavy atom. The third-order valence-electron chi connectivity index (χ3n) is 3.40. The van der Waals surface area contributed by atoms with Crippen LogP contribution in [-0.4, -0.2) is 33.9 Å². The lowest BCUT2D eigenvalue weighted by atomic mass is 10.0. The van der Waals surface area contributed by atoms with E-state index in [-0.39, 0.29) is 11.4 Å². The van der Waals surface area contributed by atoms with Gasteiger partial charge in [0.25, 0.3) is 5.91 Å². The van der Waals surface area contributed by atoms with E-state index in [1.807, 2.05) is 24.3 Å². The molecule has 0 atom stereocenters. The van der Waals surface area contributed by atoms with Gasteiger partial charge in [-0.15, -0.1) is 0 Å². The molecular formula is C16H22N4O2. The molecule has 2 rings (SSSR count). The molecule has 1 aromatic heterocycles. The summed E-state index contributed by atoms with van der Waals surface area (Å²) in [6, 6.07) is 7.86. The Bertz CT molecular complexity index is 632. The van der Waals surface area contributed by atoms with E-state index in [0.717, 1.165) is 5.69 Å². The Labute approximate surface area is 129 Å². The smallest absolute Gasteiger partial charge is 0.275 e. The summed E-state index contributed by atoms with van der Waals surface area (Å²) in [6.07, 6.45) is 2.12. The molecule has 22 heavy (non-hydrogen) atoms. The normalized spacial score (nSPS) is 10.9. The van der Waals surface area contributed by atoms with Gasteiger partial charge in [0.1, 0.15) is 0 Å². The lowest BCUT2D eigenvalue weighted by molar-refractivity contribution is 0.0945. The zero-order valence-electron chi connectivity index (χ0n) is 12.9. The summed E-state index contributed by atoms with van der Waals surface area (Å²) in [7, 11) is 0. The van der Waals surface area contributed by atoms with Gasteiger partial charge < -0.3 is 16.2 Å². The third kappa shape index (κ3) is 3.65. The van der Waals surface area contributed by atoms with Crippen LogP contribution in [0.2, 0.25) is 0 Å². The van der Waals surface area contributed by atoms with E-state index in [4.69, 9.17) is 5.73 Å². The summed E-state index contributed by atoms with van der Waals surface area (Å²) in [6.45, 7) is 5.21. The van der Waals surface area contributed by atoms with Crippen molar-refractivity contribution in [1.29, 1.82) is 0 Å². The molecule has 0 saturated carbocycles. The van der Waals surface area contributed by atoms with Crippen LogP contribution in [-0.2, 0) is 0 Å². The highest BCUT2D eigenvalue weighted by Crippen LogP contribution is 2.20. The Hall–Kier alpha value is -2.34. The number of nitrogens with one attached hydrogen (secondary N) is 1. The number of aromatic nitrogens is 2. The van der Waals surface area contributed by atoms with Gasteiger partial charge in [0.15, 0.2) is 11.4 Å². The zero-order chi connectivity index (χ0) is 16.1. The van der Waals surface area contributed by atoms with Gasteiger partial charge in [0, 0.05) is 6.54 Å². The zero-order valence-corrected chi connectivity index (χ0v) is 12.9. The second-order valence-electron chi connectivity index (χ2n) is 5.45. The molecule has 1 aromatic carbocycles. The minimum atomic E-state index is -0.400. The Balaban J connectivity index is 2.16. The van der Waals surface area contributed by atoms with Crippen LogP contribution in [0.15, 0.2) is 30.5 Å². The predicted molar refractivity (Wildman–Crippen MR) is 85.3 cm³/mol. The van der Waals surface area contributed by atoms with Crippen molar-refractivity contribution in [2.45, 2.75) is 26.2 Å². The summed E-state index contributed by atoms with van der Waals surface area (Å²) < 4.78 is 1.50. The van der Waals surface area contributed by atoms with Crippen LogP contribution in [0.3, 0.4) is 0 Å². The minimum absolute atomic E-state index is 0.0185. The molecule has 0 aliphatic heterocycles. The number of hydrogen-bond donors (Lipinski definition) is 3. The topological polar surface area (TPSA) is 93.2 Å². The fourth-order valence-electron chi connectivity index (χ4n) is 2.06. The molecule has 0 radical (unpaired) electrons.